The third-order valence-electron chi connectivity index (χ3n) is 2.93. The van der Waals surface area contributed by atoms with Crippen LogP contribution in [-0.2, 0) is 9.59 Å². The molecule has 0 saturated carbocycles. The molecule has 102 valence electrons. The number of rotatable bonds is 3. The van der Waals surface area contributed by atoms with Gasteiger partial charge in [0, 0.05) is 34.2 Å². The van der Waals surface area contributed by atoms with Crippen molar-refractivity contribution in [1.29, 1.82) is 0 Å². The number of carbonyl (C=O) groups excluding carboxylic acids is 2. The van der Waals surface area contributed by atoms with Gasteiger partial charge in [-0.1, -0.05) is 23.4 Å². The van der Waals surface area contributed by atoms with E-state index >= 15 is 0 Å². The molecule has 1 fully saturated rings. The molecule has 1 heterocycles. The summed E-state index contributed by atoms with van der Waals surface area (Å²) >= 11 is 9.49. The van der Waals surface area contributed by atoms with Gasteiger partial charge in [0.25, 0.3) is 0 Å². The normalized spacial score (nSPS) is 19.0. The Morgan fingerprint density at radius 1 is 1.58 bits per heavy atom. The lowest BCUT2D eigenvalue weighted by Gasteiger charge is -2.18. The van der Waals surface area contributed by atoms with Crippen LogP contribution in [0, 0.1) is 9.49 Å². The van der Waals surface area contributed by atoms with E-state index in [1.165, 1.54) is 11.8 Å². The summed E-state index contributed by atoms with van der Waals surface area (Å²) in [7, 11) is 0. The smallest absolute Gasteiger partial charge is 0.227 e. The van der Waals surface area contributed by atoms with Crippen LogP contribution in [0.1, 0.15) is 13.3 Å². The van der Waals surface area contributed by atoms with Crippen LogP contribution in [-0.4, -0.2) is 23.3 Å². The van der Waals surface area contributed by atoms with Gasteiger partial charge in [-0.05, 0) is 46.7 Å². The second-order valence-corrected chi connectivity index (χ2v) is 7.27. The molecule has 0 radical (unpaired) electrons. The molecule has 0 aromatic heterocycles. The first kappa shape index (κ1) is 15.1. The minimum absolute atomic E-state index is 0.100. The van der Waals surface area contributed by atoms with Crippen LogP contribution < -0.4 is 4.90 Å². The molecule has 0 aliphatic carbocycles. The number of benzene rings is 1. The van der Waals surface area contributed by atoms with Gasteiger partial charge in [-0.3, -0.25) is 9.59 Å². The van der Waals surface area contributed by atoms with Gasteiger partial charge in [-0.2, -0.15) is 0 Å². The molecular formula is C13H13ClINO2S. The van der Waals surface area contributed by atoms with Crippen molar-refractivity contribution in [2.45, 2.75) is 13.3 Å². The largest absolute Gasteiger partial charge is 0.311 e. The van der Waals surface area contributed by atoms with Crippen LogP contribution in [0.25, 0.3) is 0 Å². The fraction of sp³-hybridized carbons (Fsp3) is 0.385. The van der Waals surface area contributed by atoms with Crippen LogP contribution in [0.3, 0.4) is 0 Å². The molecule has 0 spiro atoms. The molecular weight excluding hydrogens is 397 g/mol. The van der Waals surface area contributed by atoms with Crippen LogP contribution in [0.15, 0.2) is 18.2 Å². The Labute approximate surface area is 135 Å². The molecule has 0 N–H and O–H groups in total. The van der Waals surface area contributed by atoms with E-state index < -0.39 is 0 Å². The molecule has 1 aromatic rings. The summed E-state index contributed by atoms with van der Waals surface area (Å²) in [6.07, 6.45) is 0.503. The average molecular weight is 410 g/mol. The second-order valence-electron chi connectivity index (χ2n) is 4.47. The Morgan fingerprint density at radius 3 is 3.00 bits per heavy atom. The quantitative estimate of drug-likeness (QED) is 0.716. The highest BCUT2D eigenvalue weighted by molar-refractivity contribution is 14.1. The van der Waals surface area contributed by atoms with Crippen molar-refractivity contribution in [3.63, 3.8) is 0 Å². The second kappa shape index (κ2) is 6.45. The number of hydrogen-bond acceptors (Lipinski definition) is 3. The molecule has 1 saturated heterocycles. The SMILES string of the molecule is CC(=O)SCC1CC(=O)N(c2cc(Cl)ccc2I)C1. The van der Waals surface area contributed by atoms with E-state index in [0.717, 1.165) is 9.26 Å². The summed E-state index contributed by atoms with van der Waals surface area (Å²) in [5, 5.41) is 0.730. The molecule has 1 amide bonds. The molecule has 1 aromatic carbocycles. The summed E-state index contributed by atoms with van der Waals surface area (Å²) in [4.78, 5) is 24.8. The predicted octanol–water partition coefficient (Wildman–Crippen LogP) is 3.58. The van der Waals surface area contributed by atoms with Crippen molar-refractivity contribution >= 4 is 62.7 Å². The van der Waals surface area contributed by atoms with Crippen LogP contribution in [0.4, 0.5) is 5.69 Å². The number of anilines is 1. The van der Waals surface area contributed by atoms with Gasteiger partial charge < -0.3 is 4.90 Å². The number of thioether (sulfide) groups is 1. The molecule has 1 atom stereocenters. The van der Waals surface area contributed by atoms with E-state index in [2.05, 4.69) is 22.6 Å². The minimum Gasteiger partial charge on any atom is -0.311 e. The Kier molecular flexibility index (Phi) is 5.14. The van der Waals surface area contributed by atoms with Crippen LogP contribution in [0.2, 0.25) is 5.02 Å². The maximum Gasteiger partial charge on any atom is 0.227 e. The number of amides is 1. The van der Waals surface area contributed by atoms with Crippen molar-refractivity contribution in [2.75, 3.05) is 17.2 Å². The van der Waals surface area contributed by atoms with E-state index in [4.69, 9.17) is 11.6 Å². The van der Waals surface area contributed by atoms with Crippen molar-refractivity contribution in [3.05, 3.63) is 26.8 Å². The molecule has 0 bridgehead atoms. The summed E-state index contributed by atoms with van der Waals surface area (Å²) in [5.74, 6) is 1.04. The van der Waals surface area contributed by atoms with E-state index in [-0.39, 0.29) is 16.9 Å². The zero-order valence-electron chi connectivity index (χ0n) is 10.4. The fourth-order valence-electron chi connectivity index (χ4n) is 2.05. The Bertz CT molecular complexity index is 523. The summed E-state index contributed by atoms with van der Waals surface area (Å²) in [5.41, 5.74) is 0.869. The van der Waals surface area contributed by atoms with Gasteiger partial charge in [0.05, 0.1) is 5.69 Å². The maximum atomic E-state index is 12.1. The highest BCUT2D eigenvalue weighted by atomic mass is 127. The highest BCUT2D eigenvalue weighted by Gasteiger charge is 2.31. The number of carbonyl (C=O) groups is 2. The van der Waals surface area contributed by atoms with Gasteiger partial charge in [0.2, 0.25) is 5.91 Å². The lowest BCUT2D eigenvalue weighted by Crippen LogP contribution is -2.25. The standard InChI is InChI=1S/C13H13ClINO2S/c1-8(17)19-7-9-4-13(18)16(6-9)12-5-10(14)2-3-11(12)15/h2-3,5,9H,4,6-7H2,1H3. The molecule has 1 aliphatic heterocycles. The zero-order chi connectivity index (χ0) is 14.0. The first-order valence-electron chi connectivity index (χ1n) is 5.86. The Balaban J connectivity index is 2.11. The van der Waals surface area contributed by atoms with Gasteiger partial charge in [0.15, 0.2) is 5.12 Å². The van der Waals surface area contributed by atoms with Crippen LogP contribution >= 0.6 is 46.0 Å². The monoisotopic (exact) mass is 409 g/mol. The average Bonchev–Trinajstić information content (AvgIpc) is 2.71. The third kappa shape index (κ3) is 3.86. The number of hydrogen-bond donors (Lipinski definition) is 0. The van der Waals surface area contributed by atoms with Gasteiger partial charge >= 0.3 is 0 Å². The van der Waals surface area contributed by atoms with Crippen molar-refractivity contribution in [1.82, 2.24) is 0 Å². The van der Waals surface area contributed by atoms with E-state index in [1.54, 1.807) is 11.8 Å². The predicted molar refractivity (Wildman–Crippen MR) is 87.8 cm³/mol. The fourth-order valence-corrected chi connectivity index (χ4v) is 3.54. The van der Waals surface area contributed by atoms with Crippen molar-refractivity contribution in [2.24, 2.45) is 5.92 Å². The van der Waals surface area contributed by atoms with Gasteiger partial charge in [0.1, 0.15) is 0 Å². The molecule has 1 aliphatic rings. The Morgan fingerprint density at radius 2 is 2.32 bits per heavy atom. The lowest BCUT2D eigenvalue weighted by atomic mass is 10.1. The van der Waals surface area contributed by atoms with Crippen molar-refractivity contribution < 1.29 is 9.59 Å². The molecule has 1 unspecified atom stereocenters. The van der Waals surface area contributed by atoms with E-state index in [9.17, 15) is 9.59 Å². The Hall–Kier alpha value is -0.270. The molecule has 2 rings (SSSR count). The maximum absolute atomic E-state index is 12.1. The molecule has 6 heteroatoms. The zero-order valence-corrected chi connectivity index (χ0v) is 14.1. The topological polar surface area (TPSA) is 37.4 Å². The van der Waals surface area contributed by atoms with E-state index in [0.29, 0.717) is 23.7 Å². The van der Waals surface area contributed by atoms with Crippen molar-refractivity contribution in [3.8, 4) is 0 Å². The minimum atomic E-state index is 0.100. The summed E-state index contributed by atoms with van der Waals surface area (Å²) < 4.78 is 1.01. The number of nitrogens with zero attached hydrogens (tertiary/aromatic N) is 1. The van der Waals surface area contributed by atoms with Gasteiger partial charge in [-0.25, -0.2) is 0 Å². The summed E-state index contributed by atoms with van der Waals surface area (Å²) in [6, 6.07) is 5.54. The van der Waals surface area contributed by atoms with Gasteiger partial charge in [-0.15, -0.1) is 0 Å². The summed E-state index contributed by atoms with van der Waals surface area (Å²) in [6.45, 7) is 2.22. The lowest BCUT2D eigenvalue weighted by molar-refractivity contribution is -0.117. The van der Waals surface area contributed by atoms with Crippen LogP contribution in [0.5, 0.6) is 0 Å². The van der Waals surface area contributed by atoms with E-state index in [1.807, 2.05) is 18.2 Å². The first-order valence-corrected chi connectivity index (χ1v) is 8.30. The first-order chi connectivity index (χ1) is 8.97. The third-order valence-corrected chi connectivity index (χ3v) is 5.12. The molecule has 19 heavy (non-hydrogen) atoms. The molecule has 3 nitrogen and oxygen atoms in total. The highest BCUT2D eigenvalue weighted by Crippen LogP contribution is 2.32. The number of halogens is 2.